The van der Waals surface area contributed by atoms with Crippen molar-refractivity contribution in [2.75, 3.05) is 13.2 Å². The lowest BCUT2D eigenvalue weighted by molar-refractivity contribution is -0.303. The highest BCUT2D eigenvalue weighted by molar-refractivity contribution is 5.91. The van der Waals surface area contributed by atoms with Crippen molar-refractivity contribution < 1.29 is 71.8 Å². The lowest BCUT2D eigenvalue weighted by Gasteiger charge is -2.65. The Labute approximate surface area is 312 Å². The first-order valence-electron chi connectivity index (χ1n) is 17.6. The van der Waals surface area contributed by atoms with E-state index >= 15 is 0 Å². The molecule has 15 heteroatoms. The van der Waals surface area contributed by atoms with Gasteiger partial charge in [0.25, 0.3) is 0 Å². The van der Waals surface area contributed by atoms with Crippen LogP contribution in [0.15, 0.2) is 48.6 Å². The summed E-state index contributed by atoms with van der Waals surface area (Å²) in [6.45, 7) is 11.5. The van der Waals surface area contributed by atoms with Crippen LogP contribution in [0.1, 0.15) is 66.9 Å². The zero-order valence-electron chi connectivity index (χ0n) is 31.3. The van der Waals surface area contributed by atoms with Crippen LogP contribution >= 0.6 is 0 Å². The molecule has 1 unspecified atom stereocenters. The molecule has 0 amide bonds. The topological polar surface area (TPSA) is 204 Å². The Morgan fingerprint density at radius 3 is 2.02 bits per heavy atom. The summed E-state index contributed by atoms with van der Waals surface area (Å²) in [4.78, 5) is 92.6. The van der Waals surface area contributed by atoms with Gasteiger partial charge < -0.3 is 38.3 Å². The number of ether oxygens (including phenoxy) is 7. The first-order valence-corrected chi connectivity index (χ1v) is 17.6. The molecule has 5 rings (SSSR count). The monoisotopic (exact) mass is 754 g/mol. The first kappa shape index (κ1) is 40.3. The summed E-state index contributed by atoms with van der Waals surface area (Å²) in [5, 5.41) is 13.2. The zero-order chi connectivity index (χ0) is 40.0. The number of hydrogen-bond acceptors (Lipinski definition) is 15. The minimum absolute atomic E-state index is 0.0470. The third-order valence-electron chi connectivity index (χ3n) is 11.6. The molecular weight excluding hydrogens is 708 g/mol. The molecule has 0 spiro atoms. The summed E-state index contributed by atoms with van der Waals surface area (Å²) in [5.74, 6) is -8.51. The van der Waals surface area contributed by atoms with E-state index in [4.69, 9.17) is 33.2 Å². The third kappa shape index (κ3) is 6.61. The first-order chi connectivity index (χ1) is 25.2. The van der Waals surface area contributed by atoms with Crippen molar-refractivity contribution in [2.45, 2.75) is 103 Å². The summed E-state index contributed by atoms with van der Waals surface area (Å²) in [6, 6.07) is 8.90. The molecule has 4 bridgehead atoms. The fourth-order valence-corrected chi connectivity index (χ4v) is 9.26. The van der Waals surface area contributed by atoms with Crippen molar-refractivity contribution in [1.29, 1.82) is 0 Å². The van der Waals surface area contributed by atoms with Gasteiger partial charge in [-0.1, -0.05) is 43.8 Å². The Hall–Kier alpha value is -4.89. The zero-order valence-corrected chi connectivity index (χ0v) is 31.3. The van der Waals surface area contributed by atoms with Crippen molar-refractivity contribution in [3.63, 3.8) is 0 Å². The van der Waals surface area contributed by atoms with E-state index in [1.54, 1.807) is 31.2 Å². The minimum Gasteiger partial charge on any atom is -0.465 e. The Kier molecular flexibility index (Phi) is 11.0. The van der Waals surface area contributed by atoms with Crippen LogP contribution in [0, 0.1) is 22.7 Å². The van der Waals surface area contributed by atoms with Gasteiger partial charge in [-0.3, -0.25) is 28.8 Å². The number of hydrogen-bond donors (Lipinski definition) is 1. The maximum absolute atomic E-state index is 14.2. The average Bonchev–Trinajstić information content (AvgIpc) is 3.22. The van der Waals surface area contributed by atoms with Crippen LogP contribution in [-0.4, -0.2) is 102 Å². The number of Topliss-reactive ketones (excluding diaryl/α,β-unsaturated/α-hetero) is 1. The van der Waals surface area contributed by atoms with Crippen LogP contribution in [0.5, 0.6) is 0 Å². The quantitative estimate of drug-likeness (QED) is 0.167. The Balaban J connectivity index is 1.84. The van der Waals surface area contributed by atoms with Crippen LogP contribution in [0.3, 0.4) is 0 Å². The van der Waals surface area contributed by atoms with Crippen molar-refractivity contribution in [1.82, 2.24) is 0 Å². The third-order valence-corrected chi connectivity index (χ3v) is 11.6. The molecule has 1 saturated heterocycles. The molecule has 15 nitrogen and oxygen atoms in total. The Morgan fingerprint density at radius 1 is 0.852 bits per heavy atom. The predicted octanol–water partition coefficient (Wildman–Crippen LogP) is 2.59. The highest BCUT2D eigenvalue weighted by Gasteiger charge is 2.83. The Morgan fingerprint density at radius 2 is 1.44 bits per heavy atom. The van der Waals surface area contributed by atoms with Crippen molar-refractivity contribution in [3.05, 3.63) is 54.1 Å². The molecule has 292 valence electrons. The van der Waals surface area contributed by atoms with Crippen molar-refractivity contribution in [3.8, 4) is 0 Å². The van der Waals surface area contributed by atoms with Gasteiger partial charge in [-0.15, -0.1) is 0 Å². The summed E-state index contributed by atoms with van der Waals surface area (Å²) >= 11 is 0. The highest BCUT2D eigenvalue weighted by Crippen LogP contribution is 2.67. The predicted molar refractivity (Wildman–Crippen MR) is 184 cm³/mol. The van der Waals surface area contributed by atoms with E-state index < -0.39 is 113 Å². The molecule has 1 heterocycles. The molecule has 1 N–H and O–H groups in total. The van der Waals surface area contributed by atoms with E-state index in [1.807, 2.05) is 6.07 Å². The van der Waals surface area contributed by atoms with E-state index in [9.17, 15) is 38.7 Å². The summed E-state index contributed by atoms with van der Waals surface area (Å²) < 4.78 is 41.8. The van der Waals surface area contributed by atoms with Crippen molar-refractivity contribution >= 4 is 47.7 Å². The Bertz CT molecular complexity index is 1770. The number of aliphatic hydroxyl groups is 1. The van der Waals surface area contributed by atoms with E-state index in [-0.39, 0.29) is 25.0 Å². The fourth-order valence-electron chi connectivity index (χ4n) is 9.26. The van der Waals surface area contributed by atoms with Gasteiger partial charge in [-0.25, -0.2) is 4.79 Å². The van der Waals surface area contributed by atoms with Crippen LogP contribution in [0.25, 0.3) is 6.08 Å². The number of carbonyl (C=O) groups is 7. The lowest BCUT2D eigenvalue weighted by atomic mass is 9.43. The van der Waals surface area contributed by atoms with Gasteiger partial charge in [-0.05, 0) is 24.1 Å². The van der Waals surface area contributed by atoms with Crippen LogP contribution in [0.2, 0.25) is 0 Å². The second kappa shape index (κ2) is 14.7. The molecular formula is C39H46O15. The van der Waals surface area contributed by atoms with Gasteiger partial charge >= 0.3 is 35.8 Å². The van der Waals surface area contributed by atoms with Crippen LogP contribution < -0.4 is 0 Å². The standard InChI is InChI=1S/C39H46O15/c1-20-28(54-31(46)15-14-26-12-10-9-11-13-26)17-30(50-22(3)41)38(19-48-21(2)40)32(20)33(51-23(4)42)27-16-29(45)37(8)39(47,36(27,7)18-49-37)35(53-25(6)44)34(38)52-24(5)43/h9-15,27-28,30,32-35,47H,1,16-19H2,2-8H3/t27-,28+,30+,32?,33+,34-,35-,36-,37-,38-,39+/m1/s1. The normalized spacial score (nSPS) is 36.9. The van der Waals surface area contributed by atoms with Gasteiger partial charge in [0.15, 0.2) is 23.6 Å². The summed E-state index contributed by atoms with van der Waals surface area (Å²) in [7, 11) is 0. The molecule has 1 aliphatic heterocycles. The van der Waals surface area contributed by atoms with E-state index in [0.29, 0.717) is 5.56 Å². The number of benzene rings is 1. The van der Waals surface area contributed by atoms with Crippen LogP contribution in [-0.2, 0) is 66.7 Å². The average molecular weight is 755 g/mol. The second-order valence-electron chi connectivity index (χ2n) is 14.8. The molecule has 1 aromatic rings. The molecule has 1 aromatic carbocycles. The van der Waals surface area contributed by atoms with Crippen molar-refractivity contribution in [2.24, 2.45) is 22.7 Å². The highest BCUT2D eigenvalue weighted by atomic mass is 16.6. The number of ketones is 1. The smallest absolute Gasteiger partial charge is 0.331 e. The van der Waals surface area contributed by atoms with Gasteiger partial charge in [-0.2, -0.15) is 0 Å². The van der Waals surface area contributed by atoms with E-state index in [1.165, 1.54) is 19.1 Å². The summed E-state index contributed by atoms with van der Waals surface area (Å²) in [6.07, 6.45) is -6.20. The SMILES string of the molecule is C=C1C2[C@@H](OC(C)=O)[C@H]3CC(=O)[C@@]4(C)OC[C@@]3(C)[C@@]4(O)[C@H](OC(C)=O)[C@@H](OC(C)=O)[C@]2(COC(C)=O)[C@@H](OC(C)=O)C[C@@H]1OC(=O)C=Cc1ccccc1. The lowest BCUT2D eigenvalue weighted by Crippen LogP contribution is -2.81. The molecule has 3 saturated carbocycles. The number of rotatable bonds is 9. The number of esters is 6. The van der Waals surface area contributed by atoms with Gasteiger partial charge in [0.2, 0.25) is 0 Å². The molecule has 4 fully saturated rings. The minimum atomic E-state index is -2.51. The second-order valence-corrected chi connectivity index (χ2v) is 14.8. The molecule has 11 atom stereocenters. The van der Waals surface area contributed by atoms with Gasteiger partial charge in [0.05, 0.1) is 12.0 Å². The largest absolute Gasteiger partial charge is 0.465 e. The van der Waals surface area contributed by atoms with E-state index in [2.05, 4.69) is 6.58 Å². The fraction of sp³-hybridized carbons (Fsp3) is 0.564. The number of fused-ring (bicyclic) bond motifs is 1. The van der Waals surface area contributed by atoms with Gasteiger partial charge in [0.1, 0.15) is 30.5 Å². The molecule has 0 aromatic heterocycles. The maximum Gasteiger partial charge on any atom is 0.331 e. The molecule has 3 aliphatic carbocycles. The van der Waals surface area contributed by atoms with Crippen LogP contribution in [0.4, 0.5) is 0 Å². The molecule has 0 radical (unpaired) electrons. The maximum atomic E-state index is 14.2. The molecule has 54 heavy (non-hydrogen) atoms. The van der Waals surface area contributed by atoms with E-state index in [0.717, 1.165) is 34.6 Å². The number of carbonyl (C=O) groups excluding carboxylic acids is 7. The molecule has 4 aliphatic rings. The van der Waals surface area contributed by atoms with Gasteiger partial charge in [0, 0.05) is 70.8 Å². The summed E-state index contributed by atoms with van der Waals surface area (Å²) in [5.41, 5.74) is -7.51.